The molecule has 0 saturated carbocycles. The molecule has 3 aromatic heterocycles. The van der Waals surface area contributed by atoms with E-state index in [1.54, 1.807) is 24.7 Å². The van der Waals surface area contributed by atoms with Gasteiger partial charge in [0.15, 0.2) is 0 Å². The third kappa shape index (κ3) is 3.62. The molecule has 0 fully saturated rings. The number of rotatable bonds is 5. The third-order valence-electron chi connectivity index (χ3n) is 2.90. The second-order valence-electron chi connectivity index (χ2n) is 4.73. The van der Waals surface area contributed by atoms with Crippen molar-refractivity contribution in [2.75, 3.05) is 0 Å². The molecule has 7 nitrogen and oxygen atoms in total. The van der Waals surface area contributed by atoms with Gasteiger partial charge in [0.25, 0.3) is 6.43 Å². The molecule has 0 aliphatic rings. The smallest absolute Gasteiger partial charge is 0.316 e. The van der Waals surface area contributed by atoms with Crippen LogP contribution in [0.25, 0.3) is 5.69 Å². The summed E-state index contributed by atoms with van der Waals surface area (Å²) in [6.45, 7) is 1.99. The Morgan fingerprint density at radius 1 is 1.22 bits per heavy atom. The van der Waals surface area contributed by atoms with Gasteiger partial charge < -0.3 is 4.74 Å². The zero-order valence-electron chi connectivity index (χ0n) is 12.1. The van der Waals surface area contributed by atoms with Gasteiger partial charge >= 0.3 is 6.01 Å². The minimum Gasteiger partial charge on any atom is -0.457 e. The summed E-state index contributed by atoms with van der Waals surface area (Å²) < 4.78 is 32.1. The molecular weight excluding hydrogens is 306 g/mol. The first-order valence-electron chi connectivity index (χ1n) is 6.69. The molecule has 0 radical (unpaired) electrons. The van der Waals surface area contributed by atoms with Crippen LogP contribution in [0.15, 0.2) is 36.9 Å². The van der Waals surface area contributed by atoms with Crippen LogP contribution in [0.2, 0.25) is 0 Å². The quantitative estimate of drug-likeness (QED) is 0.718. The van der Waals surface area contributed by atoms with Crippen LogP contribution in [-0.2, 0) is 6.61 Å². The Morgan fingerprint density at radius 3 is 2.74 bits per heavy atom. The predicted molar refractivity (Wildman–Crippen MR) is 75.2 cm³/mol. The summed E-state index contributed by atoms with van der Waals surface area (Å²) in [5.74, 6) is 0. The Kier molecular flexibility index (Phi) is 4.18. The molecule has 3 heterocycles. The largest absolute Gasteiger partial charge is 0.457 e. The average molecular weight is 318 g/mol. The number of alkyl halides is 2. The number of hydrogen-bond acceptors (Lipinski definition) is 6. The van der Waals surface area contributed by atoms with Gasteiger partial charge in [0, 0.05) is 18.6 Å². The molecule has 0 aliphatic heterocycles. The molecule has 0 N–H and O–H groups in total. The molecule has 0 unspecified atom stereocenters. The minimum atomic E-state index is -2.64. The SMILES string of the molecule is Cc1cnc(OCc2cn(-c3ccnc(C(F)F)c3)nn2)nc1. The third-order valence-corrected chi connectivity index (χ3v) is 2.90. The standard InChI is InChI=1S/C14H12F2N6O/c1-9-5-18-14(19-6-9)23-8-10-7-22(21-20-10)11-2-3-17-12(4-11)13(15)16/h2-7,13H,8H2,1H3. The van der Waals surface area contributed by atoms with Crippen LogP contribution in [0, 0.1) is 6.92 Å². The van der Waals surface area contributed by atoms with E-state index >= 15 is 0 Å². The van der Waals surface area contributed by atoms with Crippen molar-refractivity contribution in [1.29, 1.82) is 0 Å². The summed E-state index contributed by atoms with van der Waals surface area (Å²) in [6, 6.07) is 3.05. The molecule has 0 atom stereocenters. The zero-order valence-corrected chi connectivity index (χ0v) is 12.1. The minimum absolute atomic E-state index is 0.121. The summed E-state index contributed by atoms with van der Waals surface area (Å²) in [6.07, 6.45) is 3.53. The summed E-state index contributed by atoms with van der Waals surface area (Å²) in [5, 5.41) is 7.81. The summed E-state index contributed by atoms with van der Waals surface area (Å²) in [7, 11) is 0. The highest BCUT2D eigenvalue weighted by Gasteiger charge is 2.11. The summed E-state index contributed by atoms with van der Waals surface area (Å²) in [5.41, 5.74) is 1.57. The molecule has 3 rings (SSSR count). The van der Waals surface area contributed by atoms with Gasteiger partial charge in [-0.2, -0.15) is 0 Å². The highest BCUT2D eigenvalue weighted by Crippen LogP contribution is 2.18. The number of hydrogen-bond donors (Lipinski definition) is 0. The molecule has 0 aromatic carbocycles. The van der Waals surface area contributed by atoms with E-state index in [4.69, 9.17) is 4.74 Å². The number of aryl methyl sites for hydroxylation is 1. The van der Waals surface area contributed by atoms with Gasteiger partial charge in [-0.25, -0.2) is 23.4 Å². The van der Waals surface area contributed by atoms with Crippen molar-refractivity contribution < 1.29 is 13.5 Å². The normalized spacial score (nSPS) is 11.0. The van der Waals surface area contributed by atoms with Crippen LogP contribution < -0.4 is 4.74 Å². The molecule has 9 heteroatoms. The van der Waals surface area contributed by atoms with Gasteiger partial charge in [-0.1, -0.05) is 5.21 Å². The lowest BCUT2D eigenvalue weighted by Crippen LogP contribution is -2.00. The van der Waals surface area contributed by atoms with Crippen molar-refractivity contribution in [2.24, 2.45) is 0 Å². The number of aromatic nitrogens is 6. The van der Waals surface area contributed by atoms with Gasteiger partial charge in [-0.15, -0.1) is 5.10 Å². The second kappa shape index (κ2) is 6.42. The zero-order chi connectivity index (χ0) is 16.2. The van der Waals surface area contributed by atoms with Crippen molar-refractivity contribution in [1.82, 2.24) is 29.9 Å². The highest BCUT2D eigenvalue weighted by atomic mass is 19.3. The molecule has 0 bridgehead atoms. The van der Waals surface area contributed by atoms with Crippen LogP contribution in [0.4, 0.5) is 8.78 Å². The Morgan fingerprint density at radius 2 is 2.00 bits per heavy atom. The van der Waals surface area contributed by atoms with Crippen molar-refractivity contribution in [3.8, 4) is 11.7 Å². The van der Waals surface area contributed by atoms with Gasteiger partial charge in [-0.3, -0.25) is 4.98 Å². The average Bonchev–Trinajstić information content (AvgIpc) is 3.03. The van der Waals surface area contributed by atoms with E-state index in [0.717, 1.165) is 5.56 Å². The fourth-order valence-corrected chi connectivity index (χ4v) is 1.78. The lowest BCUT2D eigenvalue weighted by Gasteiger charge is -2.03. The van der Waals surface area contributed by atoms with Gasteiger partial charge in [-0.05, 0) is 24.6 Å². The fraction of sp³-hybridized carbons (Fsp3) is 0.214. The molecular formula is C14H12F2N6O. The van der Waals surface area contributed by atoms with E-state index in [0.29, 0.717) is 11.4 Å². The molecule has 0 spiro atoms. The predicted octanol–water partition coefficient (Wildman–Crippen LogP) is 2.28. The first-order chi connectivity index (χ1) is 11.1. The van der Waals surface area contributed by atoms with Crippen LogP contribution in [-0.4, -0.2) is 29.9 Å². The van der Waals surface area contributed by atoms with Crippen LogP contribution in [0.1, 0.15) is 23.4 Å². The van der Waals surface area contributed by atoms with Crippen molar-refractivity contribution in [3.63, 3.8) is 0 Å². The summed E-state index contributed by atoms with van der Waals surface area (Å²) in [4.78, 5) is 11.6. The first-order valence-corrected chi connectivity index (χ1v) is 6.69. The van der Waals surface area contributed by atoms with Crippen LogP contribution in [0.5, 0.6) is 6.01 Å². The van der Waals surface area contributed by atoms with Gasteiger partial charge in [0.2, 0.25) is 0 Å². The molecule has 118 valence electrons. The fourth-order valence-electron chi connectivity index (χ4n) is 1.78. The van der Waals surface area contributed by atoms with E-state index in [-0.39, 0.29) is 18.3 Å². The number of nitrogens with zero attached hydrogens (tertiary/aromatic N) is 6. The van der Waals surface area contributed by atoms with Crippen LogP contribution >= 0.6 is 0 Å². The van der Waals surface area contributed by atoms with Crippen LogP contribution in [0.3, 0.4) is 0 Å². The number of halogens is 2. The molecule has 0 saturated heterocycles. The van der Waals surface area contributed by atoms with E-state index in [1.165, 1.54) is 16.9 Å². The Labute approximate surface area is 130 Å². The first kappa shape index (κ1) is 14.9. The molecule has 23 heavy (non-hydrogen) atoms. The number of ether oxygens (including phenoxy) is 1. The Bertz CT molecular complexity index is 790. The van der Waals surface area contributed by atoms with E-state index in [9.17, 15) is 8.78 Å². The second-order valence-corrected chi connectivity index (χ2v) is 4.73. The Balaban J connectivity index is 1.70. The topological polar surface area (TPSA) is 78.6 Å². The number of pyridine rings is 1. The van der Waals surface area contributed by atoms with Crippen molar-refractivity contribution >= 4 is 0 Å². The maximum atomic E-state index is 12.7. The Hall–Kier alpha value is -2.97. The lowest BCUT2D eigenvalue weighted by molar-refractivity contribution is 0.146. The molecule has 0 amide bonds. The molecule has 3 aromatic rings. The van der Waals surface area contributed by atoms with E-state index in [1.807, 2.05) is 6.92 Å². The van der Waals surface area contributed by atoms with Crippen molar-refractivity contribution in [2.45, 2.75) is 20.0 Å². The van der Waals surface area contributed by atoms with Gasteiger partial charge in [0.05, 0.1) is 11.9 Å². The monoisotopic (exact) mass is 318 g/mol. The summed E-state index contributed by atoms with van der Waals surface area (Å²) >= 11 is 0. The maximum absolute atomic E-state index is 12.7. The maximum Gasteiger partial charge on any atom is 0.316 e. The highest BCUT2D eigenvalue weighted by molar-refractivity contribution is 5.31. The molecule has 0 aliphatic carbocycles. The van der Waals surface area contributed by atoms with Crippen molar-refractivity contribution in [3.05, 3.63) is 53.9 Å². The van der Waals surface area contributed by atoms with E-state index in [2.05, 4.69) is 25.3 Å². The lowest BCUT2D eigenvalue weighted by atomic mass is 10.3. The van der Waals surface area contributed by atoms with Gasteiger partial charge in [0.1, 0.15) is 18.0 Å². The van der Waals surface area contributed by atoms with E-state index < -0.39 is 6.43 Å².